The maximum Gasteiger partial charge on any atom is 0.111 e. The van der Waals surface area contributed by atoms with Gasteiger partial charge in [0.05, 0.1) is 0 Å². The summed E-state index contributed by atoms with van der Waals surface area (Å²) >= 11 is 0. The van der Waals surface area contributed by atoms with Crippen LogP contribution >= 0.6 is 0 Å². The highest BCUT2D eigenvalue weighted by Crippen LogP contribution is 2.40. The average molecular weight is 200 g/mol. The molecule has 0 amide bonds. The summed E-state index contributed by atoms with van der Waals surface area (Å²) in [4.78, 5) is 0. The SMILES string of the molecule is CCC(C1CCCCC1)C(C)(F)CC. The Morgan fingerprint density at radius 2 is 1.79 bits per heavy atom. The van der Waals surface area contributed by atoms with Gasteiger partial charge in [0.2, 0.25) is 0 Å². The molecule has 2 atom stereocenters. The molecule has 14 heavy (non-hydrogen) atoms. The van der Waals surface area contributed by atoms with Crippen molar-refractivity contribution in [3.8, 4) is 0 Å². The van der Waals surface area contributed by atoms with Crippen molar-refractivity contribution in [3.63, 3.8) is 0 Å². The molecule has 1 aliphatic carbocycles. The lowest BCUT2D eigenvalue weighted by molar-refractivity contribution is 0.0392. The predicted molar refractivity (Wildman–Crippen MR) is 60.2 cm³/mol. The average Bonchev–Trinajstić information content (AvgIpc) is 2.20. The van der Waals surface area contributed by atoms with Crippen molar-refractivity contribution in [1.82, 2.24) is 0 Å². The Morgan fingerprint density at radius 3 is 2.21 bits per heavy atom. The highest BCUT2D eigenvalue weighted by atomic mass is 19.1. The number of halogens is 1. The maximum atomic E-state index is 14.3. The molecule has 0 bridgehead atoms. The van der Waals surface area contributed by atoms with Crippen LogP contribution in [0.1, 0.15) is 65.7 Å². The third-order valence-corrected chi connectivity index (χ3v) is 4.12. The van der Waals surface area contributed by atoms with Crippen LogP contribution in [0.2, 0.25) is 0 Å². The van der Waals surface area contributed by atoms with Gasteiger partial charge in [-0.15, -0.1) is 0 Å². The summed E-state index contributed by atoms with van der Waals surface area (Å²) in [5, 5.41) is 0. The normalized spacial score (nSPS) is 25.7. The largest absolute Gasteiger partial charge is 0.244 e. The molecule has 0 heterocycles. The molecule has 1 aliphatic rings. The van der Waals surface area contributed by atoms with Gasteiger partial charge in [-0.2, -0.15) is 0 Å². The quantitative estimate of drug-likeness (QED) is 0.615. The van der Waals surface area contributed by atoms with Crippen LogP contribution in [0.15, 0.2) is 0 Å². The molecule has 84 valence electrons. The number of rotatable bonds is 4. The van der Waals surface area contributed by atoms with Gasteiger partial charge in [0.15, 0.2) is 0 Å². The van der Waals surface area contributed by atoms with E-state index in [1.165, 1.54) is 32.1 Å². The molecule has 0 aromatic carbocycles. The number of hydrogen-bond donors (Lipinski definition) is 0. The summed E-state index contributed by atoms with van der Waals surface area (Å²) in [7, 11) is 0. The first kappa shape index (κ1) is 12.0. The lowest BCUT2D eigenvalue weighted by Crippen LogP contribution is -2.35. The van der Waals surface area contributed by atoms with Crippen LogP contribution in [0.25, 0.3) is 0 Å². The minimum Gasteiger partial charge on any atom is -0.244 e. The fraction of sp³-hybridized carbons (Fsp3) is 1.00. The standard InChI is InChI=1S/C13H25F/c1-4-12(13(3,14)5-2)11-9-7-6-8-10-11/h11-12H,4-10H2,1-3H3. The third kappa shape index (κ3) is 2.71. The van der Waals surface area contributed by atoms with Crippen LogP contribution in [0.3, 0.4) is 0 Å². The molecule has 0 spiro atoms. The van der Waals surface area contributed by atoms with Gasteiger partial charge in [0, 0.05) is 0 Å². The van der Waals surface area contributed by atoms with Gasteiger partial charge in [-0.05, 0) is 25.2 Å². The summed E-state index contributed by atoms with van der Waals surface area (Å²) in [5.41, 5.74) is -0.934. The second-order valence-electron chi connectivity index (χ2n) is 5.04. The van der Waals surface area contributed by atoms with E-state index in [9.17, 15) is 4.39 Å². The van der Waals surface area contributed by atoms with Crippen LogP contribution in [0.5, 0.6) is 0 Å². The lowest BCUT2D eigenvalue weighted by Gasteiger charge is -2.37. The van der Waals surface area contributed by atoms with E-state index >= 15 is 0 Å². The zero-order valence-electron chi connectivity index (χ0n) is 9.98. The zero-order chi connectivity index (χ0) is 10.6. The van der Waals surface area contributed by atoms with Crippen molar-refractivity contribution in [2.24, 2.45) is 11.8 Å². The molecule has 0 aromatic heterocycles. The van der Waals surface area contributed by atoms with E-state index < -0.39 is 5.67 Å². The molecule has 0 saturated heterocycles. The molecule has 0 N–H and O–H groups in total. The van der Waals surface area contributed by atoms with Gasteiger partial charge in [-0.3, -0.25) is 0 Å². The van der Waals surface area contributed by atoms with Gasteiger partial charge in [-0.1, -0.05) is 52.4 Å². The smallest absolute Gasteiger partial charge is 0.111 e. The fourth-order valence-electron chi connectivity index (χ4n) is 3.05. The molecule has 2 unspecified atom stereocenters. The summed E-state index contributed by atoms with van der Waals surface area (Å²) in [6.45, 7) is 5.92. The lowest BCUT2D eigenvalue weighted by atomic mass is 9.71. The van der Waals surface area contributed by atoms with E-state index in [0.717, 1.165) is 6.42 Å². The third-order valence-electron chi connectivity index (χ3n) is 4.12. The monoisotopic (exact) mass is 200 g/mol. The first-order valence-corrected chi connectivity index (χ1v) is 6.30. The Balaban J connectivity index is 2.59. The summed E-state index contributed by atoms with van der Waals surface area (Å²) < 4.78 is 14.3. The van der Waals surface area contributed by atoms with Gasteiger partial charge in [-0.25, -0.2) is 4.39 Å². The highest BCUT2D eigenvalue weighted by Gasteiger charge is 2.36. The fourth-order valence-corrected chi connectivity index (χ4v) is 3.05. The van der Waals surface area contributed by atoms with E-state index in [1.807, 2.05) is 6.92 Å². The van der Waals surface area contributed by atoms with E-state index in [0.29, 0.717) is 18.3 Å². The van der Waals surface area contributed by atoms with Crippen molar-refractivity contribution in [1.29, 1.82) is 0 Å². The summed E-state index contributed by atoms with van der Waals surface area (Å²) in [6, 6.07) is 0. The maximum absolute atomic E-state index is 14.3. The number of hydrogen-bond acceptors (Lipinski definition) is 0. The first-order valence-electron chi connectivity index (χ1n) is 6.30. The molecule has 0 radical (unpaired) electrons. The Labute approximate surface area is 88.3 Å². The minimum atomic E-state index is -0.934. The Hall–Kier alpha value is -0.0700. The second kappa shape index (κ2) is 5.14. The van der Waals surface area contributed by atoms with E-state index in [-0.39, 0.29) is 0 Å². The van der Waals surface area contributed by atoms with E-state index in [1.54, 1.807) is 6.92 Å². The topological polar surface area (TPSA) is 0 Å². The Bertz CT molecular complexity index is 157. The molecule has 1 rings (SSSR count). The van der Waals surface area contributed by atoms with Crippen molar-refractivity contribution < 1.29 is 4.39 Å². The van der Waals surface area contributed by atoms with Gasteiger partial charge in [0.25, 0.3) is 0 Å². The molecule has 1 saturated carbocycles. The van der Waals surface area contributed by atoms with Gasteiger partial charge >= 0.3 is 0 Å². The summed E-state index contributed by atoms with van der Waals surface area (Å²) in [6.07, 6.45) is 8.20. The molecule has 0 aromatic rings. The van der Waals surface area contributed by atoms with Crippen LogP contribution in [0, 0.1) is 11.8 Å². The predicted octanol–water partition coefficient (Wildman–Crippen LogP) is 4.73. The highest BCUT2D eigenvalue weighted by molar-refractivity contribution is 4.86. The Kier molecular flexibility index (Phi) is 4.40. The molecule has 0 aliphatic heterocycles. The molecule has 0 nitrogen and oxygen atoms in total. The second-order valence-corrected chi connectivity index (χ2v) is 5.04. The molecule has 1 heteroatoms. The van der Waals surface area contributed by atoms with Gasteiger partial charge < -0.3 is 0 Å². The van der Waals surface area contributed by atoms with Crippen molar-refractivity contribution >= 4 is 0 Å². The van der Waals surface area contributed by atoms with Crippen molar-refractivity contribution in [2.75, 3.05) is 0 Å². The van der Waals surface area contributed by atoms with Crippen molar-refractivity contribution in [3.05, 3.63) is 0 Å². The number of alkyl halides is 1. The van der Waals surface area contributed by atoms with Crippen molar-refractivity contribution in [2.45, 2.75) is 71.4 Å². The molecule has 1 fully saturated rings. The zero-order valence-corrected chi connectivity index (χ0v) is 9.98. The molecular weight excluding hydrogens is 175 g/mol. The van der Waals surface area contributed by atoms with Gasteiger partial charge in [0.1, 0.15) is 5.67 Å². The minimum absolute atomic E-state index is 0.299. The van der Waals surface area contributed by atoms with Crippen LogP contribution < -0.4 is 0 Å². The van der Waals surface area contributed by atoms with Crippen LogP contribution in [0.4, 0.5) is 4.39 Å². The summed E-state index contributed by atoms with van der Waals surface area (Å²) in [5.74, 6) is 0.955. The first-order chi connectivity index (χ1) is 6.61. The van der Waals surface area contributed by atoms with E-state index in [2.05, 4.69) is 6.92 Å². The van der Waals surface area contributed by atoms with Crippen LogP contribution in [-0.4, -0.2) is 5.67 Å². The Morgan fingerprint density at radius 1 is 1.21 bits per heavy atom. The van der Waals surface area contributed by atoms with E-state index in [4.69, 9.17) is 0 Å². The van der Waals surface area contributed by atoms with Crippen LogP contribution in [-0.2, 0) is 0 Å². The molecular formula is C13H25F.